The molecule has 0 aliphatic rings. The monoisotopic (exact) mass is 477 g/mol. The Balaban J connectivity index is 2.22. The fourth-order valence-corrected chi connectivity index (χ4v) is 4.54. The van der Waals surface area contributed by atoms with Crippen molar-refractivity contribution in [3.63, 3.8) is 0 Å². The third-order valence-corrected chi connectivity index (χ3v) is 6.13. The number of amides is 1. The average Bonchev–Trinajstić information content (AvgIpc) is 3.10. The van der Waals surface area contributed by atoms with Crippen LogP contribution in [-0.4, -0.2) is 36.9 Å². The van der Waals surface area contributed by atoms with Crippen molar-refractivity contribution in [2.24, 2.45) is 5.92 Å². The Morgan fingerprint density at radius 3 is 2.58 bits per heavy atom. The minimum absolute atomic E-state index is 0.102. The number of unbranched alkanes of at least 4 members (excludes halogenated alkanes) is 1. The van der Waals surface area contributed by atoms with Gasteiger partial charge in [0.1, 0.15) is 11.6 Å². The largest absolute Gasteiger partial charge is 0.478 e. The van der Waals surface area contributed by atoms with Gasteiger partial charge in [0.25, 0.3) is 0 Å². The molecule has 1 heterocycles. The molecule has 0 aliphatic heterocycles. The molecule has 1 amide bonds. The van der Waals surface area contributed by atoms with Crippen LogP contribution in [0.5, 0.6) is 0 Å². The number of nitrogens with one attached hydrogen (secondary N) is 1. The average molecular weight is 478 g/mol. The van der Waals surface area contributed by atoms with E-state index in [1.807, 2.05) is 18.4 Å². The molecule has 0 fully saturated rings. The van der Waals surface area contributed by atoms with E-state index < -0.39 is 17.0 Å². The minimum atomic E-state index is -1.31. The van der Waals surface area contributed by atoms with Crippen molar-refractivity contribution in [2.45, 2.75) is 71.7 Å². The molecule has 180 valence electrons. The van der Waals surface area contributed by atoms with Crippen LogP contribution in [0, 0.1) is 11.7 Å². The van der Waals surface area contributed by atoms with Crippen LogP contribution >= 0.6 is 11.8 Å². The van der Waals surface area contributed by atoms with Crippen LogP contribution in [0.3, 0.4) is 0 Å². The topological polar surface area (TPSA) is 101 Å². The van der Waals surface area contributed by atoms with Crippen LogP contribution in [-0.2, 0) is 29.1 Å². The van der Waals surface area contributed by atoms with Crippen molar-refractivity contribution in [1.29, 1.82) is 0 Å². The van der Waals surface area contributed by atoms with Gasteiger partial charge in [-0.25, -0.2) is 14.2 Å². The van der Waals surface area contributed by atoms with Gasteiger partial charge >= 0.3 is 5.97 Å². The lowest BCUT2D eigenvalue weighted by molar-refractivity contribution is -0.121. The van der Waals surface area contributed by atoms with E-state index in [1.54, 1.807) is 12.3 Å². The Labute approximate surface area is 198 Å². The number of halogens is 1. The highest BCUT2D eigenvalue weighted by Gasteiger charge is 2.23. The number of aromatic carboxylic acids is 1. The zero-order valence-corrected chi connectivity index (χ0v) is 20.4. The SMILES string of the molecule is CCCCc1ncc(CNC(=O)C(CC(C)C)SC(C)=O)n1Cc1ccc(C(=O)O)c(F)c1. The first kappa shape index (κ1) is 26.6. The highest BCUT2D eigenvalue weighted by Crippen LogP contribution is 2.21. The highest BCUT2D eigenvalue weighted by molar-refractivity contribution is 8.14. The summed E-state index contributed by atoms with van der Waals surface area (Å²) in [5.41, 5.74) is 0.987. The summed E-state index contributed by atoms with van der Waals surface area (Å²) in [4.78, 5) is 39.9. The van der Waals surface area contributed by atoms with Gasteiger partial charge in [-0.15, -0.1) is 0 Å². The maximum absolute atomic E-state index is 14.2. The van der Waals surface area contributed by atoms with Crippen LogP contribution in [0.25, 0.3) is 0 Å². The van der Waals surface area contributed by atoms with E-state index in [4.69, 9.17) is 5.11 Å². The summed E-state index contributed by atoms with van der Waals surface area (Å²) >= 11 is 1.04. The Kier molecular flexibility index (Phi) is 10.1. The fraction of sp³-hybridized carbons (Fsp3) is 0.500. The molecule has 0 radical (unpaired) electrons. The van der Waals surface area contributed by atoms with Crippen molar-refractivity contribution in [3.8, 4) is 0 Å². The van der Waals surface area contributed by atoms with Gasteiger partial charge in [0.05, 0.1) is 29.2 Å². The summed E-state index contributed by atoms with van der Waals surface area (Å²) in [7, 11) is 0. The summed E-state index contributed by atoms with van der Waals surface area (Å²) in [6.07, 6.45) is 4.94. The lowest BCUT2D eigenvalue weighted by atomic mass is 10.1. The Bertz CT molecular complexity index is 990. The standard InChI is InChI=1S/C24H32FN3O4S/c1-5-6-7-22-26-12-18(13-27-23(30)21(10-15(2)3)33-16(4)29)28(22)14-17-8-9-19(24(31)32)20(25)11-17/h8-9,11-12,15,21H,5-7,10,13-14H2,1-4H3,(H,27,30)(H,31,32). The molecule has 1 unspecified atom stereocenters. The Hall–Kier alpha value is -2.68. The molecule has 0 spiro atoms. The van der Waals surface area contributed by atoms with E-state index >= 15 is 0 Å². The van der Waals surface area contributed by atoms with Crippen molar-refractivity contribution in [1.82, 2.24) is 14.9 Å². The number of hydrogen-bond donors (Lipinski definition) is 2. The number of rotatable bonds is 12. The second-order valence-corrected chi connectivity index (χ2v) is 9.80. The number of carbonyl (C=O) groups excluding carboxylic acids is 2. The number of carboxylic acid groups (broad SMARTS) is 1. The van der Waals surface area contributed by atoms with Crippen LogP contribution in [0.2, 0.25) is 0 Å². The first-order valence-corrected chi connectivity index (χ1v) is 12.0. The third-order valence-electron chi connectivity index (χ3n) is 5.11. The number of aryl methyl sites for hydroxylation is 1. The van der Waals surface area contributed by atoms with Crippen LogP contribution in [0.1, 0.15) is 74.4 Å². The van der Waals surface area contributed by atoms with Gasteiger partial charge in [0, 0.05) is 19.9 Å². The Morgan fingerprint density at radius 2 is 2.00 bits per heavy atom. The van der Waals surface area contributed by atoms with Crippen LogP contribution < -0.4 is 5.32 Å². The van der Waals surface area contributed by atoms with Crippen molar-refractivity contribution >= 4 is 28.8 Å². The van der Waals surface area contributed by atoms with E-state index in [0.29, 0.717) is 18.5 Å². The first-order chi connectivity index (χ1) is 15.6. The summed E-state index contributed by atoms with van der Waals surface area (Å²) in [6, 6.07) is 4.06. The van der Waals surface area contributed by atoms with Gasteiger partial charge < -0.3 is 15.0 Å². The quantitative estimate of drug-likeness (QED) is 0.469. The zero-order valence-electron chi connectivity index (χ0n) is 19.6. The molecule has 7 nitrogen and oxygen atoms in total. The van der Waals surface area contributed by atoms with Gasteiger partial charge in [0.2, 0.25) is 5.91 Å². The van der Waals surface area contributed by atoms with Gasteiger partial charge in [-0.05, 0) is 36.5 Å². The second-order valence-electron chi connectivity index (χ2n) is 8.42. The molecule has 1 aromatic carbocycles. The van der Waals surface area contributed by atoms with E-state index in [0.717, 1.165) is 42.5 Å². The predicted molar refractivity (Wildman–Crippen MR) is 127 cm³/mol. The van der Waals surface area contributed by atoms with Gasteiger partial charge in [-0.1, -0.05) is 45.0 Å². The fourth-order valence-electron chi connectivity index (χ4n) is 3.46. The van der Waals surface area contributed by atoms with E-state index in [2.05, 4.69) is 17.2 Å². The molecule has 2 aromatic rings. The van der Waals surface area contributed by atoms with Crippen molar-refractivity contribution < 1.29 is 23.9 Å². The molecule has 0 aliphatic carbocycles. The molecule has 9 heteroatoms. The Morgan fingerprint density at radius 1 is 1.27 bits per heavy atom. The number of thioether (sulfide) groups is 1. The van der Waals surface area contributed by atoms with E-state index in [-0.39, 0.29) is 29.0 Å². The highest BCUT2D eigenvalue weighted by atomic mass is 32.2. The summed E-state index contributed by atoms with van der Waals surface area (Å²) in [5, 5.41) is 11.4. The number of benzene rings is 1. The molecule has 2 N–H and O–H groups in total. The van der Waals surface area contributed by atoms with Crippen LogP contribution in [0.4, 0.5) is 4.39 Å². The second kappa shape index (κ2) is 12.5. The molecule has 33 heavy (non-hydrogen) atoms. The molecule has 1 aromatic heterocycles. The smallest absolute Gasteiger partial charge is 0.338 e. The third kappa shape index (κ3) is 7.99. The van der Waals surface area contributed by atoms with E-state index in [9.17, 15) is 18.8 Å². The molecule has 2 rings (SSSR count). The molecule has 0 saturated carbocycles. The molecular weight excluding hydrogens is 445 g/mol. The van der Waals surface area contributed by atoms with Gasteiger partial charge in [-0.2, -0.15) is 0 Å². The normalized spacial score (nSPS) is 12.1. The molecule has 0 bridgehead atoms. The van der Waals surface area contributed by atoms with Crippen molar-refractivity contribution in [3.05, 3.63) is 52.9 Å². The van der Waals surface area contributed by atoms with Crippen molar-refractivity contribution in [2.75, 3.05) is 0 Å². The minimum Gasteiger partial charge on any atom is -0.478 e. The number of carboxylic acids is 1. The predicted octanol–water partition coefficient (Wildman–Crippen LogP) is 4.42. The lowest BCUT2D eigenvalue weighted by Crippen LogP contribution is -2.34. The number of aromatic nitrogens is 2. The molecule has 0 saturated heterocycles. The lowest BCUT2D eigenvalue weighted by Gasteiger charge is -2.18. The van der Waals surface area contributed by atoms with Gasteiger partial charge in [-0.3, -0.25) is 9.59 Å². The molecule has 1 atom stereocenters. The van der Waals surface area contributed by atoms with E-state index in [1.165, 1.54) is 19.1 Å². The number of hydrogen-bond acceptors (Lipinski definition) is 5. The summed E-state index contributed by atoms with van der Waals surface area (Å²) < 4.78 is 16.1. The van der Waals surface area contributed by atoms with Gasteiger partial charge in [0.15, 0.2) is 5.12 Å². The van der Waals surface area contributed by atoms with Crippen LogP contribution in [0.15, 0.2) is 24.4 Å². The summed E-state index contributed by atoms with van der Waals surface area (Å²) in [6.45, 7) is 8.07. The zero-order chi connectivity index (χ0) is 24.5. The maximum Gasteiger partial charge on any atom is 0.338 e. The number of nitrogens with zero attached hydrogens (tertiary/aromatic N) is 2. The molecular formula is C24H32FN3O4S. The summed E-state index contributed by atoms with van der Waals surface area (Å²) in [5.74, 6) is -1.22. The first-order valence-electron chi connectivity index (χ1n) is 11.1. The maximum atomic E-state index is 14.2. The number of imidazole rings is 1. The number of carbonyl (C=O) groups is 3.